The van der Waals surface area contributed by atoms with E-state index >= 15 is 0 Å². The lowest BCUT2D eigenvalue weighted by molar-refractivity contribution is -0.143. The molecule has 254 valence electrons. The minimum absolute atomic E-state index is 0.0863. The Morgan fingerprint density at radius 3 is 1.61 bits per heavy atom. The molecule has 0 aliphatic carbocycles. The van der Waals surface area contributed by atoms with Crippen molar-refractivity contribution < 1.29 is 51.7 Å². The third kappa shape index (κ3) is 14.3. The third-order valence-corrected chi connectivity index (χ3v) is 7.23. The van der Waals surface area contributed by atoms with Crippen LogP contribution in [0.4, 0.5) is 9.59 Å². The number of hydrogen-bond donors (Lipinski definition) is 1. The first-order valence-corrected chi connectivity index (χ1v) is 16.2. The standard InChI is InChI=1S/C31H44N3O11P/c1-7-18-39-26(35)19-34(6)29(32)33-46(38,44-27(22(2)3)42-30(36)40-20-24-14-10-8-11-15-24)45-28(23(4)5)43-31(37)41-21-25-16-12-9-13-17-25/h8-17,22-23,27-28H,7,18-21H2,1-6H3,(H2,32,33,38). The van der Waals surface area contributed by atoms with Gasteiger partial charge in [-0.1, -0.05) is 95.3 Å². The smallest absolute Gasteiger partial charge is 0.464 e. The van der Waals surface area contributed by atoms with E-state index in [9.17, 15) is 18.9 Å². The quantitative estimate of drug-likeness (QED) is 0.0521. The molecule has 0 bridgehead atoms. The van der Waals surface area contributed by atoms with E-state index in [2.05, 4.69) is 4.76 Å². The summed E-state index contributed by atoms with van der Waals surface area (Å²) < 4.78 is 55.6. The average molecular weight is 666 g/mol. The molecule has 0 fully saturated rings. The Morgan fingerprint density at radius 1 is 0.783 bits per heavy atom. The Bertz CT molecular complexity index is 1230. The van der Waals surface area contributed by atoms with Gasteiger partial charge in [0.25, 0.3) is 0 Å². The number of benzene rings is 2. The monoisotopic (exact) mass is 665 g/mol. The number of nitrogens with two attached hydrogens (primary N) is 1. The maximum absolute atomic E-state index is 14.2. The third-order valence-electron chi connectivity index (χ3n) is 5.84. The van der Waals surface area contributed by atoms with E-state index in [1.807, 2.05) is 19.1 Å². The van der Waals surface area contributed by atoms with Crippen LogP contribution in [0.3, 0.4) is 0 Å². The van der Waals surface area contributed by atoms with E-state index in [0.717, 1.165) is 4.90 Å². The lowest BCUT2D eigenvalue weighted by Crippen LogP contribution is -2.38. The maximum atomic E-state index is 14.2. The summed E-state index contributed by atoms with van der Waals surface area (Å²) in [6, 6.07) is 17.8. The Morgan fingerprint density at radius 2 is 1.22 bits per heavy atom. The number of guanidine groups is 1. The largest absolute Gasteiger partial charge is 0.510 e. The van der Waals surface area contributed by atoms with E-state index in [4.69, 9.17) is 38.5 Å². The number of esters is 1. The van der Waals surface area contributed by atoms with Crippen LogP contribution in [-0.2, 0) is 55.3 Å². The van der Waals surface area contributed by atoms with Gasteiger partial charge in [0.2, 0.25) is 18.5 Å². The summed E-state index contributed by atoms with van der Waals surface area (Å²) in [5.74, 6) is -2.21. The van der Waals surface area contributed by atoms with Crippen LogP contribution in [-0.4, -0.2) is 61.9 Å². The highest BCUT2D eigenvalue weighted by Gasteiger charge is 2.39. The van der Waals surface area contributed by atoms with Gasteiger partial charge in [0.05, 0.1) is 6.61 Å². The predicted octanol–water partition coefficient (Wildman–Crippen LogP) is 6.00. The van der Waals surface area contributed by atoms with Crippen molar-refractivity contribution in [1.29, 1.82) is 0 Å². The Kier molecular flexibility index (Phi) is 16.0. The van der Waals surface area contributed by atoms with Gasteiger partial charge in [0.15, 0.2) is 0 Å². The summed E-state index contributed by atoms with van der Waals surface area (Å²) in [7, 11) is -3.37. The number of rotatable bonds is 17. The molecule has 14 nitrogen and oxygen atoms in total. The van der Waals surface area contributed by atoms with Crippen LogP contribution in [0, 0.1) is 11.8 Å². The zero-order valence-corrected chi connectivity index (χ0v) is 27.9. The second kappa shape index (κ2) is 19.4. The molecule has 2 aromatic rings. The first-order chi connectivity index (χ1) is 21.8. The number of ether oxygens (including phenoxy) is 5. The topological polar surface area (TPSA) is 175 Å². The highest BCUT2D eigenvalue weighted by atomic mass is 31.2. The SMILES string of the molecule is CCCOC(=O)CN(C)/C(N)=N/P(=O)(OC(OC(=O)OCc1ccccc1)C(C)C)OC(OC(=O)OCc1ccccc1)C(C)C. The summed E-state index contributed by atoms with van der Waals surface area (Å²) in [5, 5.41) is 0. The van der Waals surface area contributed by atoms with Crippen molar-refractivity contribution in [3.05, 3.63) is 71.8 Å². The Labute approximate surface area is 269 Å². The highest BCUT2D eigenvalue weighted by molar-refractivity contribution is 7.52. The molecule has 0 saturated heterocycles. The van der Waals surface area contributed by atoms with E-state index in [1.54, 1.807) is 76.2 Å². The molecule has 2 rings (SSSR count). The van der Waals surface area contributed by atoms with Crippen LogP contribution in [0.15, 0.2) is 65.4 Å². The molecule has 0 radical (unpaired) electrons. The molecule has 2 atom stereocenters. The van der Waals surface area contributed by atoms with Crippen LogP contribution in [0.1, 0.15) is 52.2 Å². The summed E-state index contributed by atoms with van der Waals surface area (Å²) >= 11 is 0. The lowest BCUT2D eigenvalue weighted by Gasteiger charge is -2.28. The molecule has 2 aromatic carbocycles. The van der Waals surface area contributed by atoms with Gasteiger partial charge in [-0.05, 0) is 17.5 Å². The fourth-order valence-electron chi connectivity index (χ4n) is 3.32. The van der Waals surface area contributed by atoms with Crippen LogP contribution in [0.5, 0.6) is 0 Å². The molecule has 0 heterocycles. The predicted molar refractivity (Wildman–Crippen MR) is 168 cm³/mol. The van der Waals surface area contributed by atoms with Gasteiger partial charge in [0.1, 0.15) is 19.8 Å². The van der Waals surface area contributed by atoms with Crippen LogP contribution in [0.2, 0.25) is 0 Å². The van der Waals surface area contributed by atoms with Gasteiger partial charge in [-0.25, -0.2) is 23.2 Å². The molecular weight excluding hydrogens is 621 g/mol. The van der Waals surface area contributed by atoms with E-state index in [1.165, 1.54) is 7.05 Å². The molecule has 2 N–H and O–H groups in total. The number of carbonyl (C=O) groups is 3. The second-order valence-electron chi connectivity index (χ2n) is 10.7. The summed E-state index contributed by atoms with van der Waals surface area (Å²) in [4.78, 5) is 38.4. The van der Waals surface area contributed by atoms with Crippen molar-refractivity contribution in [2.24, 2.45) is 22.3 Å². The molecule has 0 aliphatic rings. The number of nitrogens with zero attached hydrogens (tertiary/aromatic N) is 2. The molecule has 15 heteroatoms. The van der Waals surface area contributed by atoms with Crippen molar-refractivity contribution in [1.82, 2.24) is 4.90 Å². The average Bonchev–Trinajstić information content (AvgIpc) is 3.02. The van der Waals surface area contributed by atoms with Gasteiger partial charge in [0, 0.05) is 18.9 Å². The number of hydrogen-bond acceptors (Lipinski definition) is 11. The minimum atomic E-state index is -4.78. The number of likely N-dealkylation sites (N-methyl/N-ethyl adjacent to an activating group) is 1. The van der Waals surface area contributed by atoms with Crippen LogP contribution in [0.25, 0.3) is 0 Å². The van der Waals surface area contributed by atoms with Gasteiger partial charge >= 0.3 is 26.0 Å². The van der Waals surface area contributed by atoms with Gasteiger partial charge in [-0.2, -0.15) is 0 Å². The van der Waals surface area contributed by atoms with Crippen molar-refractivity contribution in [3.8, 4) is 0 Å². The van der Waals surface area contributed by atoms with Crippen molar-refractivity contribution in [3.63, 3.8) is 0 Å². The lowest BCUT2D eigenvalue weighted by atomic mass is 10.2. The molecule has 2 unspecified atom stereocenters. The van der Waals surface area contributed by atoms with Gasteiger partial charge in [-0.3, -0.25) is 4.79 Å². The van der Waals surface area contributed by atoms with Gasteiger partial charge < -0.3 is 34.3 Å². The molecular formula is C31H44N3O11P. The molecule has 0 aromatic heterocycles. The first kappa shape index (κ1) is 38.1. The fraction of sp³-hybridized carbons (Fsp3) is 0.484. The van der Waals surface area contributed by atoms with Crippen LogP contribution >= 0.6 is 7.75 Å². The van der Waals surface area contributed by atoms with E-state index < -0.39 is 56.4 Å². The zero-order chi connectivity index (χ0) is 34.1. The summed E-state index contributed by atoms with van der Waals surface area (Å²) in [6.07, 6.45) is -4.62. The normalized spacial score (nSPS) is 14.1. The summed E-state index contributed by atoms with van der Waals surface area (Å²) in [5.41, 5.74) is 7.51. The molecule has 0 aliphatic heterocycles. The summed E-state index contributed by atoms with van der Waals surface area (Å²) in [6.45, 7) is 8.04. The minimum Gasteiger partial charge on any atom is -0.464 e. The van der Waals surface area contributed by atoms with Crippen molar-refractivity contribution >= 4 is 32.0 Å². The molecule has 46 heavy (non-hydrogen) atoms. The zero-order valence-electron chi connectivity index (χ0n) is 27.0. The van der Waals surface area contributed by atoms with E-state index in [-0.39, 0.29) is 26.4 Å². The highest BCUT2D eigenvalue weighted by Crippen LogP contribution is 2.54. The number of carbonyl (C=O) groups excluding carboxylic acids is 3. The van der Waals surface area contributed by atoms with Crippen molar-refractivity contribution in [2.75, 3.05) is 20.2 Å². The second-order valence-corrected chi connectivity index (χ2v) is 12.3. The van der Waals surface area contributed by atoms with Crippen molar-refractivity contribution in [2.45, 2.75) is 66.8 Å². The Hall–Kier alpha value is -4.13. The Balaban J connectivity index is 2.27. The molecule has 0 amide bonds. The maximum Gasteiger partial charge on any atom is 0.510 e. The molecule has 0 saturated carbocycles. The first-order valence-electron chi connectivity index (χ1n) is 14.8. The van der Waals surface area contributed by atoms with Crippen LogP contribution < -0.4 is 5.73 Å². The van der Waals surface area contributed by atoms with Gasteiger partial charge in [-0.15, -0.1) is 4.76 Å². The molecule has 0 spiro atoms. The van der Waals surface area contributed by atoms with E-state index in [0.29, 0.717) is 17.5 Å². The fourth-order valence-corrected chi connectivity index (χ4v) is 4.97.